The normalized spacial score (nSPS) is 16.2. The number of halogens is 3. The van der Waals surface area contributed by atoms with Crippen LogP contribution in [0.3, 0.4) is 0 Å². The number of nitrogens with one attached hydrogen (secondary N) is 2. The van der Waals surface area contributed by atoms with Gasteiger partial charge < -0.3 is 5.32 Å². The maximum absolute atomic E-state index is 11.0. The largest absolute Gasteiger partial charge is 0.365 e. The van der Waals surface area contributed by atoms with Gasteiger partial charge in [-0.15, -0.1) is 24.8 Å². The van der Waals surface area contributed by atoms with Crippen LogP contribution in [0.1, 0.15) is 23.1 Å². The third-order valence-corrected chi connectivity index (χ3v) is 4.83. The predicted octanol–water partition coefficient (Wildman–Crippen LogP) is 4.09. The van der Waals surface area contributed by atoms with Gasteiger partial charge in [0.15, 0.2) is 0 Å². The SMILES string of the molecule is Cc1ccc(CN2CC[C@@H](Nc3ncc(C=CC(=O)NO)cc3Cl)C2)cc1.Cl.Cl. The van der Waals surface area contributed by atoms with Crippen LogP contribution in [0.4, 0.5) is 5.82 Å². The molecule has 1 amide bonds. The van der Waals surface area contributed by atoms with Gasteiger partial charge in [0.2, 0.25) is 0 Å². The summed E-state index contributed by atoms with van der Waals surface area (Å²) in [4.78, 5) is 17.8. The second-order valence-corrected chi connectivity index (χ2v) is 7.17. The lowest BCUT2D eigenvalue weighted by molar-refractivity contribution is -0.124. The molecule has 158 valence electrons. The summed E-state index contributed by atoms with van der Waals surface area (Å²) < 4.78 is 0. The first-order valence-electron chi connectivity index (χ1n) is 8.85. The first-order chi connectivity index (χ1) is 13.0. The predicted molar refractivity (Wildman–Crippen MR) is 121 cm³/mol. The van der Waals surface area contributed by atoms with Gasteiger partial charge in [0.1, 0.15) is 5.82 Å². The summed E-state index contributed by atoms with van der Waals surface area (Å²) >= 11 is 6.32. The summed E-state index contributed by atoms with van der Waals surface area (Å²) in [5.74, 6) is 0.0376. The van der Waals surface area contributed by atoms with Crippen molar-refractivity contribution in [1.82, 2.24) is 15.4 Å². The van der Waals surface area contributed by atoms with Gasteiger partial charge in [0, 0.05) is 37.9 Å². The van der Waals surface area contributed by atoms with E-state index in [2.05, 4.69) is 46.4 Å². The van der Waals surface area contributed by atoms with E-state index in [4.69, 9.17) is 16.8 Å². The smallest absolute Gasteiger partial charge is 0.267 e. The molecule has 1 atom stereocenters. The minimum absolute atomic E-state index is 0. The van der Waals surface area contributed by atoms with Crippen molar-refractivity contribution < 1.29 is 10.0 Å². The third kappa shape index (κ3) is 7.49. The van der Waals surface area contributed by atoms with Crippen molar-refractivity contribution in [2.24, 2.45) is 0 Å². The van der Waals surface area contributed by atoms with E-state index < -0.39 is 5.91 Å². The molecule has 3 rings (SSSR count). The van der Waals surface area contributed by atoms with Crippen molar-refractivity contribution in [2.75, 3.05) is 18.4 Å². The Morgan fingerprint density at radius 2 is 2.07 bits per heavy atom. The lowest BCUT2D eigenvalue weighted by atomic mass is 10.1. The number of carbonyl (C=O) groups is 1. The van der Waals surface area contributed by atoms with Crippen molar-refractivity contribution in [3.8, 4) is 0 Å². The zero-order valence-electron chi connectivity index (χ0n) is 16.0. The van der Waals surface area contributed by atoms with Crippen LogP contribution in [-0.2, 0) is 11.3 Å². The minimum atomic E-state index is -0.604. The molecule has 0 saturated carbocycles. The molecule has 1 fully saturated rings. The second-order valence-electron chi connectivity index (χ2n) is 6.76. The number of likely N-dealkylation sites (tertiary alicyclic amines) is 1. The van der Waals surface area contributed by atoms with Gasteiger partial charge in [-0.05, 0) is 36.6 Å². The zero-order chi connectivity index (χ0) is 19.2. The fraction of sp³-hybridized carbons (Fsp3) is 0.300. The van der Waals surface area contributed by atoms with Crippen LogP contribution >= 0.6 is 36.4 Å². The molecule has 1 aliphatic heterocycles. The molecular formula is C20H25Cl3N4O2. The van der Waals surface area contributed by atoms with Crippen LogP contribution in [-0.4, -0.2) is 40.1 Å². The number of hydroxylamine groups is 1. The molecule has 2 aromatic rings. The van der Waals surface area contributed by atoms with Gasteiger partial charge >= 0.3 is 0 Å². The van der Waals surface area contributed by atoms with E-state index in [0.29, 0.717) is 22.4 Å². The molecule has 0 radical (unpaired) electrons. The van der Waals surface area contributed by atoms with Crippen LogP contribution in [0.5, 0.6) is 0 Å². The molecule has 1 saturated heterocycles. The average Bonchev–Trinajstić information content (AvgIpc) is 3.10. The maximum atomic E-state index is 11.0. The first-order valence-corrected chi connectivity index (χ1v) is 9.23. The lowest BCUT2D eigenvalue weighted by Crippen LogP contribution is -2.26. The number of carbonyl (C=O) groups excluding carboxylic acids is 1. The van der Waals surface area contributed by atoms with Crippen LogP contribution in [0.25, 0.3) is 6.08 Å². The Hall–Kier alpha value is -1.83. The fourth-order valence-electron chi connectivity index (χ4n) is 3.10. The number of rotatable bonds is 6. The Kier molecular flexibility index (Phi) is 10.4. The molecule has 0 spiro atoms. The molecule has 29 heavy (non-hydrogen) atoms. The number of aryl methyl sites for hydroxylation is 1. The molecule has 0 bridgehead atoms. The minimum Gasteiger partial charge on any atom is -0.365 e. The number of anilines is 1. The van der Waals surface area contributed by atoms with E-state index >= 15 is 0 Å². The number of hydrogen-bond acceptors (Lipinski definition) is 5. The van der Waals surface area contributed by atoms with E-state index in [1.807, 2.05) is 0 Å². The Labute approximate surface area is 188 Å². The number of benzene rings is 1. The van der Waals surface area contributed by atoms with Crippen molar-refractivity contribution in [3.05, 3.63) is 64.3 Å². The molecule has 6 nitrogen and oxygen atoms in total. The molecule has 0 aliphatic carbocycles. The highest BCUT2D eigenvalue weighted by atomic mass is 35.5. The van der Waals surface area contributed by atoms with Gasteiger partial charge in [0.25, 0.3) is 5.91 Å². The summed E-state index contributed by atoms with van der Waals surface area (Å²) in [6, 6.07) is 10.7. The Balaban J connectivity index is 0.00000210. The third-order valence-electron chi connectivity index (χ3n) is 4.54. The van der Waals surface area contributed by atoms with Gasteiger partial charge in [-0.2, -0.15) is 0 Å². The quantitative estimate of drug-likeness (QED) is 0.344. The van der Waals surface area contributed by atoms with Gasteiger partial charge in [-0.3, -0.25) is 14.9 Å². The number of pyridine rings is 1. The molecule has 3 N–H and O–H groups in total. The van der Waals surface area contributed by atoms with Crippen molar-refractivity contribution in [2.45, 2.75) is 25.9 Å². The summed E-state index contributed by atoms with van der Waals surface area (Å²) in [7, 11) is 0. The van der Waals surface area contributed by atoms with E-state index in [1.165, 1.54) is 28.8 Å². The Bertz CT molecular complexity index is 831. The van der Waals surface area contributed by atoms with E-state index in [9.17, 15) is 4.79 Å². The molecular weight excluding hydrogens is 435 g/mol. The fourth-order valence-corrected chi connectivity index (χ4v) is 3.33. The van der Waals surface area contributed by atoms with E-state index in [1.54, 1.807) is 12.3 Å². The van der Waals surface area contributed by atoms with Gasteiger partial charge in [-0.1, -0.05) is 41.4 Å². The second kappa shape index (κ2) is 12.0. The van der Waals surface area contributed by atoms with Crippen LogP contribution in [0.2, 0.25) is 5.02 Å². The Morgan fingerprint density at radius 1 is 1.34 bits per heavy atom. The number of nitrogens with zero attached hydrogens (tertiary/aromatic N) is 2. The number of hydrogen-bond donors (Lipinski definition) is 3. The van der Waals surface area contributed by atoms with E-state index in [0.717, 1.165) is 26.1 Å². The van der Waals surface area contributed by atoms with Crippen LogP contribution < -0.4 is 10.8 Å². The highest BCUT2D eigenvalue weighted by Gasteiger charge is 2.23. The zero-order valence-corrected chi connectivity index (χ0v) is 18.4. The monoisotopic (exact) mass is 458 g/mol. The Morgan fingerprint density at radius 3 is 2.72 bits per heavy atom. The highest BCUT2D eigenvalue weighted by Crippen LogP contribution is 2.24. The molecule has 0 unspecified atom stereocenters. The average molecular weight is 460 g/mol. The van der Waals surface area contributed by atoms with E-state index in [-0.39, 0.29) is 24.8 Å². The molecule has 1 aromatic heterocycles. The van der Waals surface area contributed by atoms with Crippen molar-refractivity contribution in [3.63, 3.8) is 0 Å². The summed E-state index contributed by atoms with van der Waals surface area (Å²) in [6.45, 7) is 5.00. The first kappa shape index (κ1) is 25.2. The van der Waals surface area contributed by atoms with Crippen LogP contribution in [0, 0.1) is 6.92 Å². The van der Waals surface area contributed by atoms with Gasteiger partial charge in [0.05, 0.1) is 5.02 Å². The molecule has 9 heteroatoms. The molecule has 1 aromatic carbocycles. The van der Waals surface area contributed by atoms with Crippen molar-refractivity contribution in [1.29, 1.82) is 0 Å². The van der Waals surface area contributed by atoms with Crippen LogP contribution in [0.15, 0.2) is 42.6 Å². The molecule has 2 heterocycles. The summed E-state index contributed by atoms with van der Waals surface area (Å²) in [5.41, 5.74) is 4.81. The molecule has 1 aliphatic rings. The van der Waals surface area contributed by atoms with Gasteiger partial charge in [-0.25, -0.2) is 10.5 Å². The summed E-state index contributed by atoms with van der Waals surface area (Å²) in [6.07, 6.45) is 5.41. The standard InChI is InChI=1S/C20H23ClN4O2.2ClH/c1-14-2-4-15(5-3-14)12-25-9-8-17(13-25)23-20-18(21)10-16(11-22-20)6-7-19(26)24-27;;/h2-7,10-11,17,27H,8-9,12-13H2,1H3,(H,22,23)(H,24,26);2*1H/t17-;;/m1../s1. The lowest BCUT2D eigenvalue weighted by Gasteiger charge is -2.18. The number of amides is 1. The topological polar surface area (TPSA) is 77.5 Å². The highest BCUT2D eigenvalue weighted by molar-refractivity contribution is 6.33. The number of aromatic nitrogens is 1. The maximum Gasteiger partial charge on any atom is 0.267 e. The van der Waals surface area contributed by atoms with Crippen molar-refractivity contribution >= 4 is 54.2 Å². The summed E-state index contributed by atoms with van der Waals surface area (Å²) in [5, 5.41) is 12.4.